The summed E-state index contributed by atoms with van der Waals surface area (Å²) < 4.78 is 32.3. The maximum absolute atomic E-state index is 12.2. The van der Waals surface area contributed by atoms with Gasteiger partial charge in [-0.05, 0) is 31.5 Å². The number of aryl methyl sites for hydroxylation is 2. The summed E-state index contributed by atoms with van der Waals surface area (Å²) in [6, 6.07) is 5.07. The first kappa shape index (κ1) is 14.2. The highest BCUT2D eigenvalue weighted by Crippen LogP contribution is 2.20. The Morgan fingerprint density at radius 3 is 2.74 bits per heavy atom. The van der Waals surface area contributed by atoms with E-state index in [-0.39, 0.29) is 17.3 Å². The largest absolute Gasteiger partial charge is 0.338 e. The van der Waals surface area contributed by atoms with Gasteiger partial charge in [-0.3, -0.25) is 0 Å². The van der Waals surface area contributed by atoms with Crippen molar-refractivity contribution in [2.75, 3.05) is 0 Å². The molecule has 2 rings (SSSR count). The molecule has 0 radical (unpaired) electrons. The molecule has 0 spiro atoms. The normalized spacial score (nSPS) is 11.7. The minimum absolute atomic E-state index is 0.0326. The van der Waals surface area contributed by atoms with Crippen molar-refractivity contribution < 1.29 is 12.9 Å². The first-order valence-corrected chi connectivity index (χ1v) is 7.71. The van der Waals surface area contributed by atoms with E-state index >= 15 is 0 Å². The van der Waals surface area contributed by atoms with Crippen molar-refractivity contribution >= 4 is 26.0 Å². The molecular formula is C11H12BrN3O3S. The van der Waals surface area contributed by atoms with Gasteiger partial charge in [-0.25, -0.2) is 13.1 Å². The Kier molecular flexibility index (Phi) is 4.02. The van der Waals surface area contributed by atoms with Crippen LogP contribution in [0.25, 0.3) is 0 Å². The Bertz CT molecular complexity index is 697. The molecule has 0 bridgehead atoms. The Hall–Kier alpha value is -1.25. The van der Waals surface area contributed by atoms with E-state index in [9.17, 15) is 8.42 Å². The molecule has 0 aliphatic rings. The molecule has 0 fully saturated rings. The summed E-state index contributed by atoms with van der Waals surface area (Å²) in [6.45, 7) is 3.37. The van der Waals surface area contributed by atoms with Crippen molar-refractivity contribution in [3.8, 4) is 0 Å². The van der Waals surface area contributed by atoms with Crippen LogP contribution in [0.5, 0.6) is 0 Å². The lowest BCUT2D eigenvalue weighted by Crippen LogP contribution is -2.24. The van der Waals surface area contributed by atoms with Crippen LogP contribution in [0.2, 0.25) is 0 Å². The molecule has 8 heteroatoms. The lowest BCUT2D eigenvalue weighted by atomic mass is 10.2. The van der Waals surface area contributed by atoms with Crippen LogP contribution in [0.1, 0.15) is 17.3 Å². The topological polar surface area (TPSA) is 85.1 Å². The van der Waals surface area contributed by atoms with Crippen molar-refractivity contribution in [3.05, 3.63) is 40.0 Å². The molecule has 0 aliphatic carbocycles. The van der Waals surface area contributed by atoms with Crippen molar-refractivity contribution in [2.24, 2.45) is 0 Å². The number of rotatable bonds is 4. The fourth-order valence-electron chi connectivity index (χ4n) is 1.51. The first-order valence-electron chi connectivity index (χ1n) is 5.43. The van der Waals surface area contributed by atoms with E-state index < -0.39 is 10.0 Å². The van der Waals surface area contributed by atoms with Gasteiger partial charge in [-0.15, -0.1) is 0 Å². The van der Waals surface area contributed by atoms with E-state index in [2.05, 4.69) is 30.8 Å². The van der Waals surface area contributed by atoms with Gasteiger partial charge >= 0.3 is 0 Å². The van der Waals surface area contributed by atoms with E-state index in [1.165, 1.54) is 0 Å². The van der Waals surface area contributed by atoms with Crippen LogP contribution in [-0.2, 0) is 16.6 Å². The quantitative estimate of drug-likeness (QED) is 0.914. The number of sulfonamides is 1. The minimum atomic E-state index is -3.61. The molecule has 1 aromatic heterocycles. The lowest BCUT2D eigenvalue weighted by Gasteiger charge is -2.08. The number of benzene rings is 1. The van der Waals surface area contributed by atoms with Gasteiger partial charge in [0, 0.05) is 4.47 Å². The van der Waals surface area contributed by atoms with Crippen LogP contribution in [0.4, 0.5) is 0 Å². The number of halogens is 1. The summed E-state index contributed by atoms with van der Waals surface area (Å²) >= 11 is 3.26. The lowest BCUT2D eigenvalue weighted by molar-refractivity contribution is 0.372. The van der Waals surface area contributed by atoms with Crippen molar-refractivity contribution in [2.45, 2.75) is 25.3 Å². The zero-order chi connectivity index (χ0) is 14.0. The Morgan fingerprint density at radius 1 is 1.37 bits per heavy atom. The zero-order valence-corrected chi connectivity index (χ0v) is 12.7. The molecule has 0 amide bonds. The third-order valence-electron chi connectivity index (χ3n) is 2.42. The van der Waals surface area contributed by atoms with Gasteiger partial charge in [-0.1, -0.05) is 27.2 Å². The van der Waals surface area contributed by atoms with Gasteiger partial charge in [-0.2, -0.15) is 4.98 Å². The highest BCUT2D eigenvalue weighted by Gasteiger charge is 2.18. The maximum atomic E-state index is 12.2. The molecule has 0 saturated heterocycles. The number of nitrogens with one attached hydrogen (secondary N) is 1. The summed E-state index contributed by atoms with van der Waals surface area (Å²) in [5, 5.41) is 3.59. The summed E-state index contributed by atoms with van der Waals surface area (Å²) in [5.41, 5.74) is 0.664. The Morgan fingerprint density at radius 2 is 2.11 bits per heavy atom. The number of hydrogen-bond donors (Lipinski definition) is 1. The van der Waals surface area contributed by atoms with E-state index in [4.69, 9.17) is 4.52 Å². The molecular weight excluding hydrogens is 334 g/mol. The summed E-state index contributed by atoms with van der Waals surface area (Å²) in [4.78, 5) is 4.15. The maximum Gasteiger partial charge on any atom is 0.241 e. The molecule has 6 nitrogen and oxygen atoms in total. The predicted molar refractivity (Wildman–Crippen MR) is 71.9 cm³/mol. The fourth-order valence-corrected chi connectivity index (χ4v) is 3.27. The van der Waals surface area contributed by atoms with Crippen molar-refractivity contribution in [3.63, 3.8) is 0 Å². The van der Waals surface area contributed by atoms with Gasteiger partial charge in [0.2, 0.25) is 15.9 Å². The molecule has 0 aliphatic heterocycles. The van der Waals surface area contributed by atoms with Crippen LogP contribution >= 0.6 is 15.9 Å². The highest BCUT2D eigenvalue weighted by atomic mass is 79.9. The van der Waals surface area contributed by atoms with Crippen molar-refractivity contribution in [1.29, 1.82) is 0 Å². The SMILES string of the molecule is Cc1noc(CNS(=O)(=O)c2cc(Br)ccc2C)n1. The minimum Gasteiger partial charge on any atom is -0.338 e. The zero-order valence-electron chi connectivity index (χ0n) is 10.3. The molecule has 102 valence electrons. The fraction of sp³-hybridized carbons (Fsp3) is 0.273. The third-order valence-corrected chi connectivity index (χ3v) is 4.46. The monoisotopic (exact) mass is 345 g/mol. The number of nitrogens with zero attached hydrogens (tertiary/aromatic N) is 2. The van der Waals surface area contributed by atoms with E-state index in [0.29, 0.717) is 15.9 Å². The standard InChI is InChI=1S/C11H12BrN3O3S/c1-7-3-4-9(12)5-10(7)19(16,17)13-6-11-14-8(2)15-18-11/h3-5,13H,6H2,1-2H3. The number of hydrogen-bond acceptors (Lipinski definition) is 5. The predicted octanol–water partition coefficient (Wildman–Crippen LogP) is 1.93. The number of aromatic nitrogens is 2. The smallest absolute Gasteiger partial charge is 0.241 e. The molecule has 1 heterocycles. The Balaban J connectivity index is 2.20. The average molecular weight is 346 g/mol. The van der Waals surface area contributed by atoms with Crippen LogP contribution in [0, 0.1) is 13.8 Å². The first-order chi connectivity index (χ1) is 8.88. The highest BCUT2D eigenvalue weighted by molar-refractivity contribution is 9.10. The summed E-state index contributed by atoms with van der Waals surface area (Å²) in [7, 11) is -3.61. The van der Waals surface area contributed by atoms with Gasteiger partial charge in [0.1, 0.15) is 0 Å². The summed E-state index contributed by atoms with van der Waals surface area (Å²) in [5.74, 6) is 0.696. The third kappa shape index (κ3) is 3.40. The molecule has 19 heavy (non-hydrogen) atoms. The van der Waals surface area contributed by atoms with Crippen LogP contribution < -0.4 is 4.72 Å². The molecule has 1 N–H and O–H groups in total. The van der Waals surface area contributed by atoms with E-state index in [1.54, 1.807) is 32.0 Å². The molecule has 2 aromatic rings. The summed E-state index contributed by atoms with van der Waals surface area (Å²) in [6.07, 6.45) is 0. The second-order valence-corrected chi connectivity index (χ2v) is 6.62. The molecule has 0 atom stereocenters. The van der Waals surface area contributed by atoms with Gasteiger partial charge in [0.15, 0.2) is 5.82 Å². The molecule has 1 aromatic carbocycles. The van der Waals surface area contributed by atoms with E-state index in [0.717, 1.165) is 0 Å². The van der Waals surface area contributed by atoms with Gasteiger partial charge < -0.3 is 4.52 Å². The van der Waals surface area contributed by atoms with Crippen LogP contribution in [0.15, 0.2) is 32.1 Å². The molecule has 0 unspecified atom stereocenters. The van der Waals surface area contributed by atoms with Gasteiger partial charge in [0.25, 0.3) is 0 Å². The van der Waals surface area contributed by atoms with Crippen molar-refractivity contribution in [1.82, 2.24) is 14.9 Å². The average Bonchev–Trinajstić information content (AvgIpc) is 2.76. The van der Waals surface area contributed by atoms with E-state index in [1.807, 2.05) is 0 Å². The van der Waals surface area contributed by atoms with Crippen LogP contribution in [-0.4, -0.2) is 18.6 Å². The Labute approximate surface area is 119 Å². The second kappa shape index (κ2) is 5.40. The van der Waals surface area contributed by atoms with Crippen LogP contribution in [0.3, 0.4) is 0 Å². The van der Waals surface area contributed by atoms with Gasteiger partial charge in [0.05, 0.1) is 11.4 Å². The second-order valence-electron chi connectivity index (χ2n) is 3.97. The molecule has 0 saturated carbocycles.